The number of primary amides is 1. The molecule has 6 nitrogen and oxygen atoms in total. The molecule has 23 heavy (non-hydrogen) atoms. The van der Waals surface area contributed by atoms with E-state index in [0.717, 1.165) is 0 Å². The number of nitrogens with zero attached hydrogens (tertiary/aromatic N) is 2. The Morgan fingerprint density at radius 3 is 2.70 bits per heavy atom. The van der Waals surface area contributed by atoms with Crippen LogP contribution in [-0.2, 0) is 15.7 Å². The van der Waals surface area contributed by atoms with Crippen LogP contribution in [0.15, 0.2) is 6.20 Å². The Balaban J connectivity index is 2.11. The minimum absolute atomic E-state index is 0.138. The van der Waals surface area contributed by atoms with Crippen molar-refractivity contribution < 1.29 is 27.8 Å². The average molecular weight is 333 g/mol. The number of hydrogen-bond donors (Lipinski definition) is 2. The van der Waals surface area contributed by atoms with Gasteiger partial charge in [0, 0.05) is 30.1 Å². The molecule has 1 aromatic rings. The second kappa shape index (κ2) is 5.20. The maximum Gasteiger partial charge on any atom is 0.435 e. The molecular weight excluding hydrogens is 315 g/mol. The van der Waals surface area contributed by atoms with Gasteiger partial charge >= 0.3 is 6.18 Å². The summed E-state index contributed by atoms with van der Waals surface area (Å²) in [5.74, 6) is -2.56. The van der Waals surface area contributed by atoms with Crippen LogP contribution in [0.4, 0.5) is 13.2 Å². The fourth-order valence-electron chi connectivity index (χ4n) is 3.58. The van der Waals surface area contributed by atoms with Crippen molar-refractivity contribution in [2.75, 3.05) is 0 Å². The number of alkyl halides is 3. The zero-order valence-corrected chi connectivity index (χ0v) is 12.6. The van der Waals surface area contributed by atoms with Crippen molar-refractivity contribution in [2.45, 2.75) is 56.7 Å². The number of ether oxygens (including phenoxy) is 1. The molecule has 5 atom stereocenters. The van der Waals surface area contributed by atoms with E-state index in [1.807, 2.05) is 0 Å². The molecule has 0 saturated carbocycles. The minimum atomic E-state index is -4.66. The van der Waals surface area contributed by atoms with E-state index in [0.29, 0.717) is 0 Å². The summed E-state index contributed by atoms with van der Waals surface area (Å²) < 4.78 is 46.8. The lowest BCUT2D eigenvalue weighted by molar-refractivity contribution is -0.143. The minimum Gasteiger partial charge on any atom is -0.390 e. The molecule has 0 aliphatic carbocycles. The van der Waals surface area contributed by atoms with Crippen LogP contribution >= 0.6 is 0 Å². The van der Waals surface area contributed by atoms with Crippen LogP contribution in [0.2, 0.25) is 0 Å². The number of amides is 1. The highest BCUT2D eigenvalue weighted by Gasteiger charge is 2.58. The molecule has 3 N–H and O–H groups in total. The predicted octanol–water partition coefficient (Wildman–Crippen LogP) is 1.20. The summed E-state index contributed by atoms with van der Waals surface area (Å²) in [5.41, 5.74) is 4.19. The molecular formula is C14H18F3N3O3. The van der Waals surface area contributed by atoms with E-state index >= 15 is 0 Å². The van der Waals surface area contributed by atoms with E-state index in [2.05, 4.69) is 5.10 Å². The van der Waals surface area contributed by atoms with Gasteiger partial charge < -0.3 is 15.6 Å². The zero-order chi connectivity index (χ0) is 17.1. The van der Waals surface area contributed by atoms with Crippen molar-refractivity contribution in [3.8, 4) is 0 Å². The highest BCUT2D eigenvalue weighted by atomic mass is 19.4. The third kappa shape index (κ3) is 2.51. The molecule has 128 valence electrons. The fourth-order valence-corrected chi connectivity index (χ4v) is 3.58. The van der Waals surface area contributed by atoms with E-state index in [4.69, 9.17) is 10.5 Å². The number of hydrogen-bond acceptors (Lipinski definition) is 4. The molecule has 1 aromatic heterocycles. The van der Waals surface area contributed by atoms with Crippen molar-refractivity contribution in [3.05, 3.63) is 17.5 Å². The number of fused-ring (bicyclic) bond motifs is 2. The fraction of sp³-hybridized carbons (Fsp3) is 0.714. The smallest absolute Gasteiger partial charge is 0.390 e. The summed E-state index contributed by atoms with van der Waals surface area (Å²) in [6.07, 6.45) is -5.61. The molecule has 2 aliphatic heterocycles. The first-order valence-electron chi connectivity index (χ1n) is 7.40. The molecule has 1 amide bonds. The number of carbonyl (C=O) groups excluding carboxylic acids is 1. The van der Waals surface area contributed by atoms with E-state index in [1.54, 1.807) is 13.8 Å². The molecule has 5 unspecified atom stereocenters. The molecule has 0 radical (unpaired) electrons. The van der Waals surface area contributed by atoms with Gasteiger partial charge in [0.2, 0.25) is 5.91 Å². The van der Waals surface area contributed by atoms with Gasteiger partial charge in [0.05, 0.1) is 24.2 Å². The molecule has 2 saturated heterocycles. The zero-order valence-electron chi connectivity index (χ0n) is 12.6. The first-order valence-corrected chi connectivity index (χ1v) is 7.40. The Morgan fingerprint density at radius 1 is 1.52 bits per heavy atom. The van der Waals surface area contributed by atoms with Gasteiger partial charge in [-0.25, -0.2) is 0 Å². The van der Waals surface area contributed by atoms with E-state index < -0.39 is 47.9 Å². The number of aliphatic hydroxyl groups is 1. The van der Waals surface area contributed by atoms with Crippen LogP contribution in [0.5, 0.6) is 0 Å². The van der Waals surface area contributed by atoms with E-state index in [-0.39, 0.29) is 18.0 Å². The van der Waals surface area contributed by atoms with Gasteiger partial charge in [-0.2, -0.15) is 18.3 Å². The lowest BCUT2D eigenvalue weighted by Crippen LogP contribution is -2.41. The molecule has 9 heteroatoms. The number of aromatic nitrogens is 2. The Kier molecular flexibility index (Phi) is 3.68. The topological polar surface area (TPSA) is 90.4 Å². The van der Waals surface area contributed by atoms with Crippen LogP contribution in [0, 0.1) is 5.92 Å². The second-order valence-electron chi connectivity index (χ2n) is 6.40. The van der Waals surface area contributed by atoms with Gasteiger partial charge in [0.1, 0.15) is 0 Å². The van der Waals surface area contributed by atoms with Gasteiger partial charge in [0.25, 0.3) is 0 Å². The SMILES string of the molecule is CC(C)n1cc(C2C3OC(CC3O)C2C(N)=O)c(C(F)(F)F)n1. The summed E-state index contributed by atoms with van der Waals surface area (Å²) in [7, 11) is 0. The third-order valence-electron chi connectivity index (χ3n) is 4.57. The van der Waals surface area contributed by atoms with Crippen LogP contribution in [-0.4, -0.2) is 39.1 Å². The number of halogens is 3. The lowest BCUT2D eigenvalue weighted by atomic mass is 9.74. The van der Waals surface area contributed by atoms with Crippen molar-refractivity contribution >= 4 is 5.91 Å². The summed E-state index contributed by atoms with van der Waals surface area (Å²) >= 11 is 0. The molecule has 3 rings (SSSR count). The van der Waals surface area contributed by atoms with Gasteiger partial charge in [-0.3, -0.25) is 9.48 Å². The van der Waals surface area contributed by atoms with Gasteiger partial charge in [0.15, 0.2) is 5.69 Å². The Morgan fingerprint density at radius 2 is 2.17 bits per heavy atom. The molecule has 2 bridgehead atoms. The third-order valence-corrected chi connectivity index (χ3v) is 4.57. The average Bonchev–Trinajstić information content (AvgIpc) is 3.07. The monoisotopic (exact) mass is 333 g/mol. The van der Waals surface area contributed by atoms with Gasteiger partial charge in [-0.1, -0.05) is 0 Å². The van der Waals surface area contributed by atoms with E-state index in [1.165, 1.54) is 10.9 Å². The van der Waals surface area contributed by atoms with Crippen molar-refractivity contribution in [1.29, 1.82) is 0 Å². The maximum absolute atomic E-state index is 13.4. The van der Waals surface area contributed by atoms with Gasteiger partial charge in [-0.15, -0.1) is 0 Å². The van der Waals surface area contributed by atoms with Crippen molar-refractivity contribution in [2.24, 2.45) is 11.7 Å². The summed E-state index contributed by atoms with van der Waals surface area (Å²) in [6, 6.07) is -0.277. The Hall–Kier alpha value is -1.61. The highest BCUT2D eigenvalue weighted by Crippen LogP contribution is 2.51. The first-order chi connectivity index (χ1) is 10.6. The van der Waals surface area contributed by atoms with Crippen LogP contribution in [0.1, 0.15) is 43.5 Å². The van der Waals surface area contributed by atoms with Crippen LogP contribution in [0.3, 0.4) is 0 Å². The largest absolute Gasteiger partial charge is 0.435 e. The molecule has 2 aliphatic rings. The number of carbonyl (C=O) groups is 1. The van der Waals surface area contributed by atoms with Gasteiger partial charge in [-0.05, 0) is 13.8 Å². The number of aliphatic hydroxyl groups excluding tert-OH is 1. The highest BCUT2D eigenvalue weighted by molar-refractivity contribution is 5.79. The van der Waals surface area contributed by atoms with Crippen LogP contribution < -0.4 is 5.73 Å². The molecule has 0 aromatic carbocycles. The molecule has 0 spiro atoms. The first kappa shape index (κ1) is 16.3. The summed E-state index contributed by atoms with van der Waals surface area (Å²) in [4.78, 5) is 11.7. The van der Waals surface area contributed by atoms with E-state index in [9.17, 15) is 23.1 Å². The number of rotatable bonds is 3. The summed E-state index contributed by atoms with van der Waals surface area (Å²) in [5, 5.41) is 13.6. The molecule has 3 heterocycles. The van der Waals surface area contributed by atoms with Crippen molar-refractivity contribution in [1.82, 2.24) is 9.78 Å². The Bertz CT molecular complexity index is 629. The quantitative estimate of drug-likeness (QED) is 0.870. The normalized spacial score (nSPS) is 33.6. The summed E-state index contributed by atoms with van der Waals surface area (Å²) in [6.45, 7) is 3.41. The second-order valence-corrected chi connectivity index (χ2v) is 6.40. The maximum atomic E-state index is 13.4. The predicted molar refractivity (Wildman–Crippen MR) is 72.3 cm³/mol. The van der Waals surface area contributed by atoms with Crippen molar-refractivity contribution in [3.63, 3.8) is 0 Å². The Labute approximate surface area is 130 Å². The standard InChI is InChI=1S/C14H18F3N3O3/c1-5(2)20-4-6(12(19-20)14(15,16)17)9-10(13(18)22)8-3-7(21)11(9)23-8/h4-5,7-11,21H,3H2,1-2H3,(H2,18,22). The molecule has 2 fully saturated rings. The number of nitrogens with two attached hydrogens (primary N) is 1. The lowest BCUT2D eigenvalue weighted by Gasteiger charge is -2.28. The van der Waals surface area contributed by atoms with Crippen LogP contribution in [0.25, 0.3) is 0 Å².